The van der Waals surface area contributed by atoms with Crippen LogP contribution in [-0.2, 0) is 5.41 Å². The van der Waals surface area contributed by atoms with Crippen LogP contribution in [0.3, 0.4) is 0 Å². The van der Waals surface area contributed by atoms with Gasteiger partial charge in [0.15, 0.2) is 0 Å². The number of benzene rings is 6. The minimum Gasteiger partial charge on any atom is -0.310 e. The van der Waals surface area contributed by atoms with Crippen LogP contribution in [0.1, 0.15) is 52.5 Å². The van der Waals surface area contributed by atoms with Crippen LogP contribution in [0.4, 0.5) is 17.1 Å². The van der Waals surface area contributed by atoms with Gasteiger partial charge in [-0.3, -0.25) is 0 Å². The Morgan fingerprint density at radius 3 is 2.34 bits per heavy atom. The average Bonchev–Trinajstić information content (AvgIpc) is 3.77. The summed E-state index contributed by atoms with van der Waals surface area (Å²) < 4.78 is 2.66. The maximum Gasteiger partial charge on any atom is 0.0538 e. The first kappa shape index (κ1) is 30.1. The Labute approximate surface area is 318 Å². The highest BCUT2D eigenvalue weighted by molar-refractivity contribution is 8.03. The molecule has 0 saturated carbocycles. The molecule has 4 aliphatic carbocycles. The van der Waals surface area contributed by atoms with Crippen LogP contribution in [0.25, 0.3) is 31.3 Å². The highest BCUT2D eigenvalue weighted by Gasteiger charge is 2.57. The number of rotatable bonds is 3. The third-order valence-electron chi connectivity index (χ3n) is 12.5. The van der Waals surface area contributed by atoms with Gasteiger partial charge in [0.05, 0.1) is 5.41 Å². The zero-order valence-electron chi connectivity index (χ0n) is 29.1. The molecule has 0 fully saturated rings. The molecule has 0 saturated heterocycles. The third kappa shape index (κ3) is 4.21. The van der Waals surface area contributed by atoms with Crippen molar-refractivity contribution in [2.75, 3.05) is 4.90 Å². The number of hydrogen-bond donors (Lipinski definition) is 0. The van der Waals surface area contributed by atoms with E-state index in [0.29, 0.717) is 17.8 Å². The molecule has 0 radical (unpaired) electrons. The van der Waals surface area contributed by atoms with E-state index in [1.807, 2.05) is 23.1 Å². The largest absolute Gasteiger partial charge is 0.310 e. The van der Waals surface area contributed by atoms with Crippen LogP contribution < -0.4 is 4.90 Å². The molecule has 12 rings (SSSR count). The zero-order chi connectivity index (χ0) is 34.7. The monoisotopic (exact) mass is 713 g/mol. The van der Waals surface area contributed by atoms with E-state index < -0.39 is 0 Å². The quantitative estimate of drug-likeness (QED) is 0.179. The van der Waals surface area contributed by atoms with Crippen molar-refractivity contribution in [2.24, 2.45) is 5.92 Å². The predicted molar refractivity (Wildman–Crippen MR) is 225 cm³/mol. The molecule has 1 aliphatic heterocycles. The molecular formula is C50H35NS2. The van der Waals surface area contributed by atoms with Gasteiger partial charge in [0.25, 0.3) is 0 Å². The Kier molecular flexibility index (Phi) is 6.44. The van der Waals surface area contributed by atoms with Crippen molar-refractivity contribution in [3.63, 3.8) is 0 Å². The van der Waals surface area contributed by atoms with Crippen LogP contribution in [0.5, 0.6) is 0 Å². The van der Waals surface area contributed by atoms with Crippen molar-refractivity contribution < 1.29 is 0 Å². The molecule has 1 aromatic heterocycles. The lowest BCUT2D eigenvalue weighted by Crippen LogP contribution is -2.33. The maximum atomic E-state index is 2.55. The van der Waals surface area contributed by atoms with E-state index >= 15 is 0 Å². The van der Waals surface area contributed by atoms with Gasteiger partial charge in [-0.05, 0) is 106 Å². The lowest BCUT2D eigenvalue weighted by atomic mass is 9.65. The molecule has 1 spiro atoms. The molecule has 53 heavy (non-hydrogen) atoms. The molecule has 4 atom stereocenters. The smallest absolute Gasteiger partial charge is 0.0538 e. The SMILES string of the molecule is C1=CC2c3ccccc3C3(c4ccccc4-c4ccc(N(c5ccc6c(c5)C5C=C(C=CCC5)S6)c5ccc6sc7ccccc7c6c5)cc43)C2C=C1. The second-order valence-corrected chi connectivity index (χ2v) is 17.3. The van der Waals surface area contributed by atoms with Gasteiger partial charge in [-0.2, -0.15) is 0 Å². The summed E-state index contributed by atoms with van der Waals surface area (Å²) in [5.41, 5.74) is 13.2. The van der Waals surface area contributed by atoms with Crippen LogP contribution in [-0.4, -0.2) is 0 Å². The Bertz CT molecular complexity index is 2810. The summed E-state index contributed by atoms with van der Waals surface area (Å²) in [5.74, 6) is 1.07. The van der Waals surface area contributed by atoms with Crippen molar-refractivity contribution in [2.45, 2.75) is 35.0 Å². The van der Waals surface area contributed by atoms with E-state index in [4.69, 9.17) is 0 Å². The lowest BCUT2D eigenvalue weighted by Gasteiger charge is -2.37. The van der Waals surface area contributed by atoms with Crippen molar-refractivity contribution in [3.05, 3.63) is 203 Å². The van der Waals surface area contributed by atoms with E-state index in [1.54, 1.807) is 0 Å². The van der Waals surface area contributed by atoms with Gasteiger partial charge in [0, 0.05) is 64.8 Å². The van der Waals surface area contributed by atoms with Gasteiger partial charge < -0.3 is 4.90 Å². The molecule has 0 amide bonds. The summed E-state index contributed by atoms with van der Waals surface area (Å²) in [4.78, 5) is 5.30. The average molecular weight is 714 g/mol. The van der Waals surface area contributed by atoms with E-state index in [0.717, 1.165) is 12.8 Å². The standard InChI is InChI=1S/C50H35NS2/c1-2-12-35-27-31(11-1)41-28-32(22-25-48(41)52-35)51(33-23-26-49-42(29-33)40-16-6-10-20-47(40)53-49)34-21-24-39-38-15-5-9-19-45(38)50(46(39)30-34)43-17-7-3-13-36(43)37-14-4-8-18-44(37)50/h2-10,12-31,36,43H,1,11H2. The Morgan fingerprint density at radius 2 is 1.36 bits per heavy atom. The van der Waals surface area contributed by atoms with Gasteiger partial charge in [-0.25, -0.2) is 0 Å². The first-order chi connectivity index (χ1) is 26.3. The van der Waals surface area contributed by atoms with Crippen LogP contribution in [0, 0.1) is 5.92 Å². The van der Waals surface area contributed by atoms with Gasteiger partial charge in [-0.1, -0.05) is 127 Å². The molecule has 4 unspecified atom stereocenters. The number of fused-ring (bicyclic) bond motifs is 16. The number of allylic oxidation sites excluding steroid dienone is 7. The van der Waals surface area contributed by atoms with Gasteiger partial charge in [0.2, 0.25) is 0 Å². The van der Waals surface area contributed by atoms with Gasteiger partial charge in [0.1, 0.15) is 0 Å². The molecule has 252 valence electrons. The number of hydrogen-bond acceptors (Lipinski definition) is 3. The first-order valence-corrected chi connectivity index (χ1v) is 20.5. The summed E-state index contributed by atoms with van der Waals surface area (Å²) in [5, 5.41) is 2.65. The van der Waals surface area contributed by atoms with Gasteiger partial charge >= 0.3 is 0 Å². The minimum absolute atomic E-state index is 0.273. The molecule has 2 heterocycles. The third-order valence-corrected chi connectivity index (χ3v) is 14.7. The molecule has 3 heteroatoms. The molecule has 6 aromatic carbocycles. The molecular weight excluding hydrogens is 679 g/mol. The fourth-order valence-electron chi connectivity index (χ4n) is 10.3. The number of nitrogens with zero attached hydrogens (tertiary/aromatic N) is 1. The molecule has 0 N–H and O–H groups in total. The molecule has 1 nitrogen and oxygen atoms in total. The topological polar surface area (TPSA) is 3.24 Å². The number of anilines is 3. The number of thioether (sulfide) groups is 1. The molecule has 5 aliphatic rings. The first-order valence-electron chi connectivity index (χ1n) is 18.9. The zero-order valence-corrected chi connectivity index (χ0v) is 30.7. The molecule has 7 aromatic rings. The van der Waals surface area contributed by atoms with Crippen molar-refractivity contribution >= 4 is 60.3 Å². The van der Waals surface area contributed by atoms with Crippen molar-refractivity contribution in [1.82, 2.24) is 0 Å². The fraction of sp³-hybridized carbons (Fsp3) is 0.120. The summed E-state index contributed by atoms with van der Waals surface area (Å²) in [7, 11) is 0. The minimum atomic E-state index is -0.273. The summed E-state index contributed by atoms with van der Waals surface area (Å²) in [6.45, 7) is 0. The lowest BCUT2D eigenvalue weighted by molar-refractivity contribution is 0.465. The summed E-state index contributed by atoms with van der Waals surface area (Å²) in [6, 6.07) is 49.0. The highest BCUT2D eigenvalue weighted by Crippen LogP contribution is 2.65. The van der Waals surface area contributed by atoms with E-state index in [2.05, 4.69) is 175 Å². The fourth-order valence-corrected chi connectivity index (χ4v) is 12.5. The highest BCUT2D eigenvalue weighted by atomic mass is 32.2. The Morgan fingerprint density at radius 1 is 0.604 bits per heavy atom. The number of thiophene rings is 1. The van der Waals surface area contributed by atoms with Crippen LogP contribution >= 0.6 is 23.1 Å². The van der Waals surface area contributed by atoms with E-state index in [1.165, 1.54) is 86.0 Å². The van der Waals surface area contributed by atoms with Crippen molar-refractivity contribution in [1.29, 1.82) is 0 Å². The molecule has 2 bridgehead atoms. The van der Waals surface area contributed by atoms with Crippen LogP contribution in [0.15, 0.2) is 180 Å². The Hall–Kier alpha value is -5.35. The Balaban J connectivity index is 1.11. The van der Waals surface area contributed by atoms with Gasteiger partial charge in [-0.15, -0.1) is 11.3 Å². The predicted octanol–water partition coefficient (Wildman–Crippen LogP) is 14.1. The second kappa shape index (κ2) is 11.3. The van der Waals surface area contributed by atoms with E-state index in [-0.39, 0.29) is 5.41 Å². The summed E-state index contributed by atoms with van der Waals surface area (Å²) >= 11 is 3.80. The van der Waals surface area contributed by atoms with E-state index in [9.17, 15) is 0 Å². The van der Waals surface area contributed by atoms with Crippen LogP contribution in [0.2, 0.25) is 0 Å². The van der Waals surface area contributed by atoms with Crippen molar-refractivity contribution in [3.8, 4) is 11.1 Å². The maximum absolute atomic E-state index is 2.55. The normalized spacial score (nSPS) is 22.6. The summed E-state index contributed by atoms with van der Waals surface area (Å²) in [6.07, 6.45) is 18.9. The second-order valence-electron chi connectivity index (χ2n) is 15.1.